The van der Waals surface area contributed by atoms with Gasteiger partial charge in [0.1, 0.15) is 0 Å². The number of anilines is 1. The van der Waals surface area contributed by atoms with Gasteiger partial charge in [-0.2, -0.15) is 0 Å². The average molecular weight is 317 g/mol. The average Bonchev–Trinajstić information content (AvgIpc) is 2.47. The predicted molar refractivity (Wildman–Crippen MR) is 93.8 cm³/mol. The van der Waals surface area contributed by atoms with Crippen LogP contribution < -0.4 is 16.4 Å². The molecule has 0 aromatic heterocycles. The summed E-state index contributed by atoms with van der Waals surface area (Å²) in [6.45, 7) is 8.69. The van der Waals surface area contributed by atoms with Gasteiger partial charge in [0.25, 0.3) is 5.91 Å². The first kappa shape index (κ1) is 17.3. The van der Waals surface area contributed by atoms with Gasteiger partial charge in [-0.05, 0) is 57.9 Å². The molecule has 0 spiro atoms. The van der Waals surface area contributed by atoms with Crippen LogP contribution in [0.25, 0.3) is 0 Å². The molecule has 1 aliphatic heterocycles. The largest absolute Gasteiger partial charge is 0.370 e. The minimum atomic E-state index is -0.118. The van der Waals surface area contributed by atoms with Gasteiger partial charge in [-0.3, -0.25) is 15.1 Å². The maximum atomic E-state index is 12.3. The van der Waals surface area contributed by atoms with E-state index in [2.05, 4.69) is 36.3 Å². The Hall–Kier alpha value is -2.08. The molecule has 0 saturated carbocycles. The van der Waals surface area contributed by atoms with Gasteiger partial charge in [0.15, 0.2) is 5.96 Å². The smallest absolute Gasteiger partial charge is 0.251 e. The summed E-state index contributed by atoms with van der Waals surface area (Å²) in [5, 5.41) is 13.0. The molecule has 0 atom stereocenters. The third-order valence-corrected chi connectivity index (χ3v) is 4.20. The Balaban J connectivity index is 1.87. The van der Waals surface area contributed by atoms with Crippen molar-refractivity contribution in [3.05, 3.63) is 29.8 Å². The molecule has 0 bridgehead atoms. The molecule has 1 heterocycles. The van der Waals surface area contributed by atoms with Crippen LogP contribution in [0.3, 0.4) is 0 Å². The maximum absolute atomic E-state index is 12.3. The van der Waals surface area contributed by atoms with Crippen LogP contribution in [0.1, 0.15) is 44.0 Å². The summed E-state index contributed by atoms with van der Waals surface area (Å²) in [6, 6.07) is 7.21. The number of benzene rings is 1. The van der Waals surface area contributed by atoms with E-state index in [1.54, 1.807) is 24.3 Å². The molecule has 1 saturated heterocycles. The van der Waals surface area contributed by atoms with Crippen LogP contribution in [0, 0.1) is 5.41 Å². The molecular weight excluding hydrogens is 290 g/mol. The fraction of sp³-hybridized carbons (Fsp3) is 0.529. The molecule has 5 N–H and O–H groups in total. The number of carbonyl (C=O) groups excluding carboxylic acids is 1. The molecule has 6 nitrogen and oxygen atoms in total. The van der Waals surface area contributed by atoms with Gasteiger partial charge >= 0.3 is 0 Å². The molecule has 1 fully saturated rings. The minimum Gasteiger partial charge on any atom is -0.370 e. The third-order valence-electron chi connectivity index (χ3n) is 4.20. The number of rotatable bonds is 3. The molecule has 6 heteroatoms. The molecule has 1 aromatic carbocycles. The molecule has 0 aliphatic carbocycles. The van der Waals surface area contributed by atoms with Crippen molar-refractivity contribution in [1.29, 1.82) is 5.41 Å². The molecule has 0 unspecified atom stereocenters. The van der Waals surface area contributed by atoms with Crippen LogP contribution in [-0.4, -0.2) is 41.4 Å². The highest BCUT2D eigenvalue weighted by Crippen LogP contribution is 2.20. The van der Waals surface area contributed by atoms with E-state index >= 15 is 0 Å². The van der Waals surface area contributed by atoms with Crippen molar-refractivity contribution in [1.82, 2.24) is 10.2 Å². The van der Waals surface area contributed by atoms with Crippen LogP contribution in [0.15, 0.2) is 24.3 Å². The highest BCUT2D eigenvalue weighted by Gasteiger charge is 2.27. The lowest BCUT2D eigenvalue weighted by atomic mass is 9.98. The molecule has 0 radical (unpaired) electrons. The lowest BCUT2D eigenvalue weighted by Crippen LogP contribution is -2.50. The van der Waals surface area contributed by atoms with E-state index in [4.69, 9.17) is 11.1 Å². The summed E-state index contributed by atoms with van der Waals surface area (Å²) in [4.78, 5) is 14.8. The van der Waals surface area contributed by atoms with Crippen LogP contribution in [-0.2, 0) is 0 Å². The maximum Gasteiger partial charge on any atom is 0.251 e. The molecular formula is C17H27N5O. The Kier molecular flexibility index (Phi) is 5.26. The van der Waals surface area contributed by atoms with E-state index in [9.17, 15) is 4.79 Å². The summed E-state index contributed by atoms with van der Waals surface area (Å²) in [5.41, 5.74) is 6.79. The zero-order valence-electron chi connectivity index (χ0n) is 14.1. The van der Waals surface area contributed by atoms with E-state index in [1.165, 1.54) is 0 Å². The number of piperidine rings is 1. The first-order valence-corrected chi connectivity index (χ1v) is 8.03. The second-order valence-electron chi connectivity index (χ2n) is 7.02. The number of hydrogen-bond acceptors (Lipinski definition) is 3. The van der Waals surface area contributed by atoms with Gasteiger partial charge in [0.2, 0.25) is 0 Å². The number of guanidine groups is 1. The van der Waals surface area contributed by atoms with Crippen molar-refractivity contribution in [2.45, 2.75) is 45.2 Å². The van der Waals surface area contributed by atoms with Crippen LogP contribution in [0.4, 0.5) is 5.69 Å². The molecule has 1 aromatic rings. The van der Waals surface area contributed by atoms with Crippen LogP contribution in [0.5, 0.6) is 0 Å². The molecule has 1 amide bonds. The molecule has 2 rings (SSSR count). The highest BCUT2D eigenvalue weighted by molar-refractivity contribution is 5.95. The number of hydrogen-bond donors (Lipinski definition) is 4. The first-order chi connectivity index (χ1) is 10.8. The highest BCUT2D eigenvalue weighted by atomic mass is 16.1. The van der Waals surface area contributed by atoms with Crippen molar-refractivity contribution >= 4 is 17.6 Å². The standard InChI is InChI=1S/C17H27N5O/c1-17(2,3)22-10-8-14(9-11-22)20-15(23)12-4-6-13(7-5-12)21-16(18)19/h4-7,14H,8-11H2,1-3H3,(H,20,23)(H4,18,19,21). The van der Waals surface area contributed by atoms with E-state index in [1.807, 2.05) is 0 Å². The number of carbonyl (C=O) groups is 1. The Morgan fingerprint density at radius 2 is 1.78 bits per heavy atom. The fourth-order valence-electron chi connectivity index (χ4n) is 2.82. The summed E-state index contributed by atoms with van der Waals surface area (Å²) >= 11 is 0. The molecule has 1 aliphatic rings. The number of nitrogens with zero attached hydrogens (tertiary/aromatic N) is 1. The van der Waals surface area contributed by atoms with Crippen molar-refractivity contribution in [3.8, 4) is 0 Å². The third kappa shape index (κ3) is 4.96. The number of likely N-dealkylation sites (tertiary alicyclic amines) is 1. The Morgan fingerprint density at radius 3 is 2.26 bits per heavy atom. The van der Waals surface area contributed by atoms with Gasteiger partial charge in [0.05, 0.1) is 0 Å². The number of amides is 1. The van der Waals surface area contributed by atoms with E-state index in [0.29, 0.717) is 11.3 Å². The van der Waals surface area contributed by atoms with Gasteiger partial charge in [-0.15, -0.1) is 0 Å². The normalized spacial score (nSPS) is 16.8. The summed E-state index contributed by atoms with van der Waals surface area (Å²) in [5.74, 6) is -0.165. The Morgan fingerprint density at radius 1 is 1.22 bits per heavy atom. The Labute approximate surface area is 137 Å². The monoisotopic (exact) mass is 317 g/mol. The molecule has 126 valence electrons. The van der Waals surface area contributed by atoms with Crippen molar-refractivity contribution in [2.75, 3.05) is 18.4 Å². The van der Waals surface area contributed by atoms with Gasteiger partial charge in [-0.25, -0.2) is 0 Å². The van der Waals surface area contributed by atoms with Crippen LogP contribution >= 0.6 is 0 Å². The quantitative estimate of drug-likeness (QED) is 0.506. The van der Waals surface area contributed by atoms with Crippen LogP contribution in [0.2, 0.25) is 0 Å². The lowest BCUT2D eigenvalue weighted by Gasteiger charge is -2.41. The summed E-state index contributed by atoms with van der Waals surface area (Å²) in [6.07, 6.45) is 1.96. The second-order valence-corrected chi connectivity index (χ2v) is 7.02. The zero-order chi connectivity index (χ0) is 17.0. The summed E-state index contributed by atoms with van der Waals surface area (Å²) < 4.78 is 0. The fourth-order valence-corrected chi connectivity index (χ4v) is 2.82. The van der Waals surface area contributed by atoms with Crippen molar-refractivity contribution in [2.24, 2.45) is 5.73 Å². The van der Waals surface area contributed by atoms with Gasteiger partial charge in [0, 0.05) is 35.9 Å². The lowest BCUT2D eigenvalue weighted by molar-refractivity contribution is 0.0812. The molecule has 23 heavy (non-hydrogen) atoms. The van der Waals surface area contributed by atoms with E-state index in [-0.39, 0.29) is 23.4 Å². The van der Waals surface area contributed by atoms with E-state index in [0.717, 1.165) is 25.9 Å². The topological polar surface area (TPSA) is 94.2 Å². The minimum absolute atomic E-state index is 0.0476. The van der Waals surface area contributed by atoms with Crippen molar-refractivity contribution in [3.63, 3.8) is 0 Å². The van der Waals surface area contributed by atoms with Gasteiger partial charge < -0.3 is 16.4 Å². The van der Waals surface area contributed by atoms with Gasteiger partial charge in [-0.1, -0.05) is 0 Å². The number of nitrogens with one attached hydrogen (secondary N) is 3. The SMILES string of the molecule is CC(C)(C)N1CCC(NC(=O)c2ccc(NC(=N)N)cc2)CC1. The first-order valence-electron chi connectivity index (χ1n) is 8.03. The second kappa shape index (κ2) is 7.00. The number of nitrogens with two attached hydrogens (primary N) is 1. The summed E-state index contributed by atoms with van der Waals surface area (Å²) in [7, 11) is 0. The Bertz CT molecular complexity index is 553. The van der Waals surface area contributed by atoms with E-state index < -0.39 is 0 Å². The predicted octanol–water partition coefficient (Wildman–Crippen LogP) is 1.98. The zero-order valence-corrected chi connectivity index (χ0v) is 14.1. The van der Waals surface area contributed by atoms with Crippen molar-refractivity contribution < 1.29 is 4.79 Å².